The summed E-state index contributed by atoms with van der Waals surface area (Å²) in [6.07, 6.45) is 0. The number of halogens is 1. The lowest BCUT2D eigenvalue weighted by Crippen LogP contribution is -2.41. The zero-order chi connectivity index (χ0) is 18.7. The second-order valence-corrected chi connectivity index (χ2v) is 6.01. The van der Waals surface area contributed by atoms with Gasteiger partial charge in [0.15, 0.2) is 0 Å². The number of ether oxygens (including phenoxy) is 1. The summed E-state index contributed by atoms with van der Waals surface area (Å²) < 4.78 is 18.6. The highest BCUT2D eigenvalue weighted by Gasteiger charge is 2.48. The highest BCUT2D eigenvalue weighted by atomic mass is 19.1. The van der Waals surface area contributed by atoms with Gasteiger partial charge >= 0.3 is 6.03 Å². The number of carbonyl (C=O) groups excluding carboxylic acids is 2. The van der Waals surface area contributed by atoms with Crippen LogP contribution in [0.3, 0.4) is 0 Å². The number of amides is 3. The summed E-state index contributed by atoms with van der Waals surface area (Å²) in [4.78, 5) is 26.0. The summed E-state index contributed by atoms with van der Waals surface area (Å²) in [5.74, 6) is -0.361. The van der Waals surface area contributed by atoms with E-state index in [2.05, 4.69) is 5.32 Å². The van der Waals surface area contributed by atoms with Crippen LogP contribution >= 0.6 is 0 Å². The average Bonchev–Trinajstić information content (AvgIpc) is 2.86. The van der Waals surface area contributed by atoms with Crippen molar-refractivity contribution in [3.05, 3.63) is 65.5 Å². The summed E-state index contributed by atoms with van der Waals surface area (Å²) >= 11 is 0. The molecule has 132 valence electrons. The van der Waals surface area contributed by atoms with E-state index in [1.165, 1.54) is 24.3 Å². The van der Waals surface area contributed by atoms with Gasteiger partial charge in [0.1, 0.15) is 23.7 Å². The molecule has 7 heteroatoms. The molecule has 0 unspecified atom stereocenters. The Morgan fingerprint density at radius 1 is 1.23 bits per heavy atom. The fourth-order valence-corrected chi connectivity index (χ4v) is 2.79. The van der Waals surface area contributed by atoms with E-state index in [9.17, 15) is 14.0 Å². The van der Waals surface area contributed by atoms with E-state index in [1.54, 1.807) is 31.2 Å². The molecule has 2 aromatic rings. The summed E-state index contributed by atoms with van der Waals surface area (Å²) in [6.45, 7) is 1.73. The molecule has 0 saturated carbocycles. The van der Waals surface area contributed by atoms with Crippen LogP contribution in [0.1, 0.15) is 18.1 Å². The van der Waals surface area contributed by atoms with Crippen LogP contribution in [0, 0.1) is 17.1 Å². The Kier molecular flexibility index (Phi) is 4.59. The SMILES string of the molecule is C[C@]1(c2ccc(F)cc2)NC(=O)N(CCOc2cccc(C#N)c2)C1=O. The molecule has 0 bridgehead atoms. The molecule has 0 radical (unpaired) electrons. The van der Waals surface area contributed by atoms with E-state index in [1.807, 2.05) is 6.07 Å². The van der Waals surface area contributed by atoms with Crippen molar-refractivity contribution in [2.45, 2.75) is 12.5 Å². The summed E-state index contributed by atoms with van der Waals surface area (Å²) in [5.41, 5.74) is -0.283. The van der Waals surface area contributed by atoms with Crippen LogP contribution in [-0.4, -0.2) is 30.0 Å². The van der Waals surface area contributed by atoms with E-state index in [0.717, 1.165) is 4.90 Å². The first-order valence-electron chi connectivity index (χ1n) is 7.97. The van der Waals surface area contributed by atoms with Gasteiger partial charge in [0, 0.05) is 0 Å². The van der Waals surface area contributed by atoms with Crippen LogP contribution in [0.2, 0.25) is 0 Å². The molecule has 2 aromatic carbocycles. The maximum atomic E-state index is 13.1. The molecule has 1 atom stereocenters. The molecule has 0 aromatic heterocycles. The lowest BCUT2D eigenvalue weighted by atomic mass is 9.92. The number of rotatable bonds is 5. The average molecular weight is 353 g/mol. The predicted molar refractivity (Wildman–Crippen MR) is 90.6 cm³/mol. The highest BCUT2D eigenvalue weighted by Crippen LogP contribution is 2.28. The number of imide groups is 1. The third-order valence-corrected chi connectivity index (χ3v) is 4.24. The van der Waals surface area contributed by atoms with Gasteiger partial charge in [0.2, 0.25) is 0 Å². The minimum Gasteiger partial charge on any atom is -0.492 e. The number of urea groups is 1. The molecule has 6 nitrogen and oxygen atoms in total. The van der Waals surface area contributed by atoms with Gasteiger partial charge in [-0.1, -0.05) is 18.2 Å². The number of carbonyl (C=O) groups is 2. The Morgan fingerprint density at radius 3 is 2.65 bits per heavy atom. The van der Waals surface area contributed by atoms with Crippen LogP contribution < -0.4 is 10.1 Å². The molecular weight excluding hydrogens is 337 g/mol. The van der Waals surface area contributed by atoms with E-state index in [0.29, 0.717) is 16.9 Å². The van der Waals surface area contributed by atoms with Crippen molar-refractivity contribution < 1.29 is 18.7 Å². The molecule has 1 fully saturated rings. The van der Waals surface area contributed by atoms with Gasteiger partial charge in [-0.25, -0.2) is 9.18 Å². The molecule has 3 rings (SSSR count). The first-order valence-corrected chi connectivity index (χ1v) is 7.97. The number of hydrogen-bond donors (Lipinski definition) is 1. The number of nitrogens with one attached hydrogen (secondary N) is 1. The molecule has 1 aliphatic heterocycles. The Morgan fingerprint density at radius 2 is 1.96 bits per heavy atom. The molecule has 1 heterocycles. The molecule has 1 N–H and O–H groups in total. The Bertz CT molecular complexity index is 892. The van der Waals surface area contributed by atoms with Gasteiger partial charge in [-0.2, -0.15) is 5.26 Å². The Labute approximate surface area is 149 Å². The second kappa shape index (κ2) is 6.84. The van der Waals surface area contributed by atoms with Crippen molar-refractivity contribution in [3.8, 4) is 11.8 Å². The zero-order valence-corrected chi connectivity index (χ0v) is 14.0. The number of nitrogens with zero attached hydrogens (tertiary/aromatic N) is 2. The molecular formula is C19H16FN3O3. The van der Waals surface area contributed by atoms with Crippen molar-refractivity contribution in [1.82, 2.24) is 10.2 Å². The lowest BCUT2D eigenvalue weighted by Gasteiger charge is -2.22. The molecule has 1 aliphatic rings. The molecule has 26 heavy (non-hydrogen) atoms. The monoisotopic (exact) mass is 353 g/mol. The van der Waals surface area contributed by atoms with Crippen molar-refractivity contribution in [2.24, 2.45) is 0 Å². The largest absolute Gasteiger partial charge is 0.492 e. The maximum Gasteiger partial charge on any atom is 0.325 e. The Balaban J connectivity index is 1.67. The van der Waals surface area contributed by atoms with E-state index < -0.39 is 23.3 Å². The molecule has 0 spiro atoms. The van der Waals surface area contributed by atoms with Gasteiger partial charge in [-0.05, 0) is 42.8 Å². The van der Waals surface area contributed by atoms with Gasteiger partial charge in [0.05, 0.1) is 18.2 Å². The van der Waals surface area contributed by atoms with Crippen LogP contribution in [0.15, 0.2) is 48.5 Å². The van der Waals surface area contributed by atoms with Crippen molar-refractivity contribution in [3.63, 3.8) is 0 Å². The van der Waals surface area contributed by atoms with Gasteiger partial charge in [-0.15, -0.1) is 0 Å². The van der Waals surface area contributed by atoms with Gasteiger partial charge in [0.25, 0.3) is 5.91 Å². The molecule has 3 amide bonds. The van der Waals surface area contributed by atoms with Gasteiger partial charge < -0.3 is 10.1 Å². The number of benzene rings is 2. The van der Waals surface area contributed by atoms with Crippen molar-refractivity contribution in [1.29, 1.82) is 5.26 Å². The second-order valence-electron chi connectivity index (χ2n) is 6.01. The van der Waals surface area contributed by atoms with Crippen molar-refractivity contribution >= 4 is 11.9 Å². The van der Waals surface area contributed by atoms with Crippen LogP contribution in [0.25, 0.3) is 0 Å². The van der Waals surface area contributed by atoms with Crippen LogP contribution in [0.5, 0.6) is 5.75 Å². The number of hydrogen-bond acceptors (Lipinski definition) is 4. The maximum absolute atomic E-state index is 13.1. The minimum absolute atomic E-state index is 0.0538. The third kappa shape index (κ3) is 3.22. The fourth-order valence-electron chi connectivity index (χ4n) is 2.79. The first-order chi connectivity index (χ1) is 12.4. The summed E-state index contributed by atoms with van der Waals surface area (Å²) in [6, 6.07) is 13.5. The smallest absolute Gasteiger partial charge is 0.325 e. The van der Waals surface area contributed by atoms with Crippen LogP contribution in [-0.2, 0) is 10.3 Å². The van der Waals surface area contributed by atoms with E-state index in [4.69, 9.17) is 10.00 Å². The van der Waals surface area contributed by atoms with Crippen LogP contribution in [0.4, 0.5) is 9.18 Å². The van der Waals surface area contributed by atoms with Crippen molar-refractivity contribution in [2.75, 3.05) is 13.2 Å². The van der Waals surface area contributed by atoms with E-state index in [-0.39, 0.29) is 13.2 Å². The highest BCUT2D eigenvalue weighted by molar-refractivity contribution is 6.07. The summed E-state index contributed by atoms with van der Waals surface area (Å²) in [5, 5.41) is 11.5. The predicted octanol–water partition coefficient (Wildman–Crippen LogP) is 2.54. The molecule has 0 aliphatic carbocycles. The fraction of sp³-hybridized carbons (Fsp3) is 0.211. The molecule has 1 saturated heterocycles. The van der Waals surface area contributed by atoms with Gasteiger partial charge in [-0.3, -0.25) is 9.69 Å². The summed E-state index contributed by atoms with van der Waals surface area (Å²) in [7, 11) is 0. The number of nitriles is 1. The minimum atomic E-state index is -1.24. The standard InChI is InChI=1S/C19H16FN3O3/c1-19(14-5-7-15(20)8-6-14)17(24)23(18(25)22-19)9-10-26-16-4-2-3-13(11-16)12-21/h2-8,11H,9-10H2,1H3,(H,22,25)/t19-/m1/s1. The first kappa shape index (κ1) is 17.4. The lowest BCUT2D eigenvalue weighted by molar-refractivity contribution is -0.131. The Hall–Kier alpha value is -3.40. The normalized spacial score (nSPS) is 19.2. The topological polar surface area (TPSA) is 82.4 Å². The third-order valence-electron chi connectivity index (χ3n) is 4.24. The van der Waals surface area contributed by atoms with E-state index >= 15 is 0 Å². The zero-order valence-electron chi connectivity index (χ0n) is 14.0. The quantitative estimate of drug-likeness (QED) is 0.838.